The van der Waals surface area contributed by atoms with Crippen molar-refractivity contribution in [1.82, 2.24) is 30.0 Å². The molecule has 2 fully saturated rings. The third-order valence-corrected chi connectivity index (χ3v) is 7.06. The number of rotatable bonds is 7. The summed E-state index contributed by atoms with van der Waals surface area (Å²) in [5, 5.41) is 47.8. The fourth-order valence-electron chi connectivity index (χ4n) is 4.93. The predicted octanol–water partition coefficient (Wildman–Crippen LogP) is 0.329. The van der Waals surface area contributed by atoms with E-state index in [4.69, 9.17) is 14.2 Å². The van der Waals surface area contributed by atoms with E-state index in [2.05, 4.69) is 20.6 Å². The Morgan fingerprint density at radius 3 is 2.55 bits per heavy atom. The molecular formula is C23H27F3N6O6. The van der Waals surface area contributed by atoms with Crippen molar-refractivity contribution in [2.24, 2.45) is 0 Å². The van der Waals surface area contributed by atoms with E-state index in [0.29, 0.717) is 31.7 Å². The summed E-state index contributed by atoms with van der Waals surface area (Å²) in [5.74, 6) is -4.41. The number of hydrogen-bond donors (Lipinski definition) is 3. The van der Waals surface area contributed by atoms with Gasteiger partial charge in [-0.25, -0.2) is 22.5 Å². The molecule has 1 aromatic carbocycles. The summed E-state index contributed by atoms with van der Waals surface area (Å²) < 4.78 is 61.1. The van der Waals surface area contributed by atoms with Gasteiger partial charge in [-0.3, -0.25) is 0 Å². The van der Waals surface area contributed by atoms with Gasteiger partial charge in [-0.1, -0.05) is 10.4 Å². The van der Waals surface area contributed by atoms with E-state index < -0.39 is 60.1 Å². The van der Waals surface area contributed by atoms with Gasteiger partial charge in [0.25, 0.3) is 0 Å². The van der Waals surface area contributed by atoms with E-state index in [1.165, 1.54) is 22.7 Å². The lowest BCUT2D eigenvalue weighted by molar-refractivity contribution is -0.216. The minimum atomic E-state index is -1.64. The van der Waals surface area contributed by atoms with Crippen molar-refractivity contribution in [2.75, 3.05) is 26.9 Å². The number of ether oxygens (including phenoxy) is 3. The highest BCUT2D eigenvalue weighted by molar-refractivity contribution is 5.58. The van der Waals surface area contributed by atoms with Crippen LogP contribution in [0.5, 0.6) is 0 Å². The summed E-state index contributed by atoms with van der Waals surface area (Å²) in [6.45, 7) is 0.337. The van der Waals surface area contributed by atoms with E-state index in [-0.39, 0.29) is 17.8 Å². The smallest absolute Gasteiger partial charge is 0.195 e. The SMILES string of the molecule is CO[C@@H]1[C@@H](n2cc(-c3ccc(F)c(F)c3F)nn2)[C@@H](O)[C@@H](CO)O[C@@H]1Cn1cc(C2(O)CCOCC2)nn1. The molecule has 12 nitrogen and oxygen atoms in total. The van der Waals surface area contributed by atoms with Crippen LogP contribution in [-0.2, 0) is 26.4 Å². The zero-order chi connectivity index (χ0) is 27.0. The molecule has 0 unspecified atom stereocenters. The molecule has 5 atom stereocenters. The van der Waals surface area contributed by atoms with Gasteiger partial charge in [-0.15, -0.1) is 10.2 Å². The van der Waals surface area contributed by atoms with Gasteiger partial charge in [-0.2, -0.15) is 0 Å². The maximum Gasteiger partial charge on any atom is 0.195 e. The van der Waals surface area contributed by atoms with Crippen molar-refractivity contribution in [3.8, 4) is 11.3 Å². The van der Waals surface area contributed by atoms with E-state index in [1.807, 2.05) is 0 Å². The van der Waals surface area contributed by atoms with Crippen molar-refractivity contribution in [2.45, 2.75) is 55.4 Å². The van der Waals surface area contributed by atoms with Crippen LogP contribution >= 0.6 is 0 Å². The molecule has 0 aliphatic carbocycles. The van der Waals surface area contributed by atoms with Crippen molar-refractivity contribution >= 4 is 0 Å². The summed E-state index contributed by atoms with van der Waals surface area (Å²) in [7, 11) is 1.39. The zero-order valence-electron chi connectivity index (χ0n) is 20.3. The number of hydrogen-bond acceptors (Lipinski definition) is 10. The number of aromatic nitrogens is 6. The second kappa shape index (κ2) is 10.7. The molecule has 3 aromatic rings. The summed E-state index contributed by atoms with van der Waals surface area (Å²) in [5.41, 5.74) is -1.20. The van der Waals surface area contributed by atoms with Gasteiger partial charge in [0.1, 0.15) is 47.4 Å². The number of aliphatic hydroxyl groups excluding tert-OH is 2. The second-order valence-electron chi connectivity index (χ2n) is 9.35. The molecule has 2 aliphatic rings. The van der Waals surface area contributed by atoms with Gasteiger partial charge in [0.15, 0.2) is 17.5 Å². The van der Waals surface area contributed by atoms with Crippen molar-refractivity contribution in [3.05, 3.63) is 47.7 Å². The number of benzene rings is 1. The minimum Gasteiger partial charge on any atom is -0.394 e. The largest absolute Gasteiger partial charge is 0.394 e. The normalized spacial score (nSPS) is 27.5. The average Bonchev–Trinajstić information content (AvgIpc) is 3.59. The Kier molecular flexibility index (Phi) is 7.48. The Morgan fingerprint density at radius 1 is 1.08 bits per heavy atom. The molecule has 15 heteroatoms. The third kappa shape index (κ3) is 4.81. The van der Waals surface area contributed by atoms with Crippen molar-refractivity contribution in [1.29, 1.82) is 0 Å². The molecule has 0 amide bonds. The number of methoxy groups -OCH3 is 1. The Morgan fingerprint density at radius 2 is 1.84 bits per heavy atom. The quantitative estimate of drug-likeness (QED) is 0.358. The topological polar surface area (TPSA) is 150 Å². The summed E-state index contributed by atoms with van der Waals surface area (Å²) in [4.78, 5) is 0. The van der Waals surface area contributed by atoms with Crippen LogP contribution in [0.1, 0.15) is 24.6 Å². The molecule has 0 bridgehead atoms. The van der Waals surface area contributed by atoms with Gasteiger partial charge < -0.3 is 29.5 Å². The predicted molar refractivity (Wildman–Crippen MR) is 121 cm³/mol. The molecule has 2 aromatic heterocycles. The van der Waals surface area contributed by atoms with Crippen LogP contribution in [0, 0.1) is 17.5 Å². The molecule has 206 valence electrons. The highest BCUT2D eigenvalue weighted by atomic mass is 19.2. The molecular weight excluding hydrogens is 513 g/mol. The number of nitrogens with zero attached hydrogens (tertiary/aromatic N) is 6. The molecule has 2 saturated heterocycles. The van der Waals surface area contributed by atoms with Crippen LogP contribution in [0.3, 0.4) is 0 Å². The first-order chi connectivity index (χ1) is 18.3. The molecule has 0 spiro atoms. The maximum absolute atomic E-state index is 14.3. The van der Waals surface area contributed by atoms with Crippen LogP contribution in [-0.4, -0.2) is 96.7 Å². The van der Waals surface area contributed by atoms with Crippen molar-refractivity contribution in [3.63, 3.8) is 0 Å². The fourth-order valence-corrected chi connectivity index (χ4v) is 4.93. The van der Waals surface area contributed by atoms with Crippen molar-refractivity contribution < 1.29 is 42.7 Å². The van der Waals surface area contributed by atoms with Gasteiger partial charge >= 0.3 is 0 Å². The molecule has 4 heterocycles. The van der Waals surface area contributed by atoms with E-state index in [1.54, 1.807) is 6.20 Å². The third-order valence-electron chi connectivity index (χ3n) is 7.06. The molecule has 5 rings (SSSR count). The second-order valence-corrected chi connectivity index (χ2v) is 9.35. The first-order valence-corrected chi connectivity index (χ1v) is 12.0. The molecule has 0 radical (unpaired) electrons. The monoisotopic (exact) mass is 540 g/mol. The summed E-state index contributed by atoms with van der Waals surface area (Å²) >= 11 is 0. The van der Waals surface area contributed by atoms with E-state index in [9.17, 15) is 28.5 Å². The van der Waals surface area contributed by atoms with E-state index in [0.717, 1.165) is 12.1 Å². The highest BCUT2D eigenvalue weighted by Crippen LogP contribution is 2.34. The zero-order valence-corrected chi connectivity index (χ0v) is 20.3. The lowest BCUT2D eigenvalue weighted by Gasteiger charge is -2.43. The first-order valence-electron chi connectivity index (χ1n) is 12.0. The van der Waals surface area contributed by atoms with Crippen LogP contribution in [0.2, 0.25) is 0 Å². The molecule has 0 saturated carbocycles. The first kappa shape index (κ1) is 26.6. The highest BCUT2D eigenvalue weighted by Gasteiger charge is 2.47. The Labute approximate surface area is 214 Å². The Hall–Kier alpha value is -2.95. The van der Waals surface area contributed by atoms with Crippen LogP contribution < -0.4 is 0 Å². The summed E-state index contributed by atoms with van der Waals surface area (Å²) in [6.07, 6.45) is -0.407. The van der Waals surface area contributed by atoms with Gasteiger partial charge in [-0.05, 0) is 12.1 Å². The van der Waals surface area contributed by atoms with Gasteiger partial charge in [0, 0.05) is 38.7 Å². The lowest BCUT2D eigenvalue weighted by atomic mass is 9.91. The standard InChI is InChI=1S/C23H27F3N6O6/c1-36-22-15(9-31-10-17(28-29-31)23(35)4-6-37-7-5-23)38-16(11-33)21(34)20(22)32-8-14(27-30-32)12-2-3-13(24)19(26)18(12)25/h2-3,8,10,15-16,20-22,33-35H,4-7,9,11H2,1H3/t15-,16-,20+,21+,22+/m1/s1. The minimum absolute atomic E-state index is 0.0805. The molecule has 3 N–H and O–H groups in total. The fraction of sp³-hybridized carbons (Fsp3) is 0.565. The molecule has 2 aliphatic heterocycles. The Bertz CT molecular complexity index is 1270. The van der Waals surface area contributed by atoms with Crippen LogP contribution in [0.4, 0.5) is 13.2 Å². The average molecular weight is 540 g/mol. The summed E-state index contributed by atoms with van der Waals surface area (Å²) in [6, 6.07) is 0.840. The van der Waals surface area contributed by atoms with Gasteiger partial charge in [0.05, 0.1) is 25.5 Å². The van der Waals surface area contributed by atoms with E-state index >= 15 is 0 Å². The lowest BCUT2D eigenvalue weighted by Crippen LogP contribution is -2.57. The van der Waals surface area contributed by atoms with Crippen LogP contribution in [0.25, 0.3) is 11.3 Å². The maximum atomic E-state index is 14.3. The molecule has 38 heavy (non-hydrogen) atoms. The Balaban J connectivity index is 1.42. The number of halogens is 3. The van der Waals surface area contributed by atoms with Gasteiger partial charge in [0.2, 0.25) is 0 Å². The van der Waals surface area contributed by atoms with Crippen LogP contribution in [0.15, 0.2) is 24.5 Å². The number of aliphatic hydroxyl groups is 3.